The summed E-state index contributed by atoms with van der Waals surface area (Å²) in [6, 6.07) is 1.66. The molecule has 1 aliphatic rings. The molecule has 0 aromatic rings. The first-order valence-electron chi connectivity index (χ1n) is 5.63. The number of nitrogens with zero attached hydrogens (tertiary/aromatic N) is 1. The van der Waals surface area contributed by atoms with Gasteiger partial charge in [-0.15, -0.1) is 0 Å². The van der Waals surface area contributed by atoms with Crippen LogP contribution in [0.4, 0.5) is 0 Å². The van der Waals surface area contributed by atoms with Crippen molar-refractivity contribution in [2.75, 3.05) is 6.54 Å². The van der Waals surface area contributed by atoms with Crippen LogP contribution in [-0.4, -0.2) is 29.6 Å². The maximum Gasteiger partial charge on any atom is 0.0250 e. The summed E-state index contributed by atoms with van der Waals surface area (Å²) in [6.45, 7) is 10.2. The molecule has 3 atom stereocenters. The Hall–Kier alpha value is -0.0800. The highest BCUT2D eigenvalue weighted by Crippen LogP contribution is 2.28. The van der Waals surface area contributed by atoms with E-state index in [9.17, 15) is 0 Å². The number of rotatable bonds is 3. The van der Waals surface area contributed by atoms with E-state index >= 15 is 0 Å². The minimum Gasteiger partial charge on any atom is -0.326 e. The fourth-order valence-electron chi connectivity index (χ4n) is 2.56. The first-order valence-corrected chi connectivity index (χ1v) is 5.63. The molecule has 78 valence electrons. The van der Waals surface area contributed by atoms with Crippen molar-refractivity contribution in [3.63, 3.8) is 0 Å². The fraction of sp³-hybridized carbons (Fsp3) is 1.00. The third-order valence-corrected chi connectivity index (χ3v) is 3.47. The van der Waals surface area contributed by atoms with Crippen molar-refractivity contribution in [3.05, 3.63) is 0 Å². The van der Waals surface area contributed by atoms with Crippen LogP contribution in [0.2, 0.25) is 0 Å². The lowest BCUT2D eigenvalue weighted by Crippen LogP contribution is -2.42. The summed E-state index contributed by atoms with van der Waals surface area (Å²) >= 11 is 0. The molecule has 0 aromatic heterocycles. The molecule has 0 spiro atoms. The first-order chi connectivity index (χ1) is 6.11. The first kappa shape index (κ1) is 11.0. The molecule has 1 fully saturated rings. The van der Waals surface area contributed by atoms with Crippen LogP contribution in [-0.2, 0) is 0 Å². The van der Waals surface area contributed by atoms with Gasteiger partial charge in [0.25, 0.3) is 0 Å². The molecular formula is C11H24N2. The second-order valence-electron chi connectivity index (χ2n) is 4.51. The predicted octanol–water partition coefficient (Wildman–Crippen LogP) is 1.84. The van der Waals surface area contributed by atoms with E-state index < -0.39 is 0 Å². The molecule has 2 heteroatoms. The van der Waals surface area contributed by atoms with Crippen LogP contribution in [0.25, 0.3) is 0 Å². The van der Waals surface area contributed by atoms with Crippen molar-refractivity contribution in [1.29, 1.82) is 0 Å². The molecule has 1 saturated heterocycles. The smallest absolute Gasteiger partial charge is 0.0250 e. The molecule has 0 saturated carbocycles. The molecule has 0 bridgehead atoms. The lowest BCUT2D eigenvalue weighted by molar-refractivity contribution is 0.190. The van der Waals surface area contributed by atoms with Gasteiger partial charge in [0.15, 0.2) is 0 Å². The molecule has 0 radical (unpaired) electrons. The average Bonchev–Trinajstić information content (AvgIpc) is 2.42. The molecule has 0 aromatic carbocycles. The minimum absolute atomic E-state index is 0.400. The molecular weight excluding hydrogens is 160 g/mol. The largest absolute Gasteiger partial charge is 0.326 e. The van der Waals surface area contributed by atoms with Gasteiger partial charge in [0, 0.05) is 24.7 Å². The van der Waals surface area contributed by atoms with Gasteiger partial charge in [0.2, 0.25) is 0 Å². The van der Waals surface area contributed by atoms with Gasteiger partial charge in [-0.2, -0.15) is 0 Å². The van der Waals surface area contributed by atoms with E-state index in [1.165, 1.54) is 19.4 Å². The zero-order valence-electron chi connectivity index (χ0n) is 9.46. The maximum atomic E-state index is 6.23. The quantitative estimate of drug-likeness (QED) is 0.725. The highest BCUT2D eigenvalue weighted by Gasteiger charge is 2.38. The summed E-state index contributed by atoms with van der Waals surface area (Å²) in [5.74, 6) is 0.715. The SMILES string of the molecule is CCC1CN(C(C)C)C(CC)C1N. The van der Waals surface area contributed by atoms with Crippen LogP contribution in [0.5, 0.6) is 0 Å². The van der Waals surface area contributed by atoms with Crippen molar-refractivity contribution >= 4 is 0 Å². The Morgan fingerprint density at radius 1 is 1.31 bits per heavy atom. The van der Waals surface area contributed by atoms with E-state index in [0.29, 0.717) is 24.0 Å². The van der Waals surface area contributed by atoms with Crippen LogP contribution in [0.3, 0.4) is 0 Å². The van der Waals surface area contributed by atoms with E-state index in [0.717, 1.165) is 0 Å². The Bertz CT molecular complexity index is 156. The Kier molecular flexibility index (Phi) is 3.74. The molecule has 0 aliphatic carbocycles. The summed E-state index contributed by atoms with van der Waals surface area (Å²) in [5, 5.41) is 0. The predicted molar refractivity (Wildman–Crippen MR) is 57.7 cm³/mol. The molecule has 2 nitrogen and oxygen atoms in total. The Morgan fingerprint density at radius 3 is 2.23 bits per heavy atom. The van der Waals surface area contributed by atoms with Crippen LogP contribution < -0.4 is 5.73 Å². The van der Waals surface area contributed by atoms with Crippen LogP contribution in [0.15, 0.2) is 0 Å². The Labute approximate surface area is 82.5 Å². The van der Waals surface area contributed by atoms with Gasteiger partial charge in [-0.3, -0.25) is 4.90 Å². The minimum atomic E-state index is 0.400. The fourth-order valence-corrected chi connectivity index (χ4v) is 2.56. The summed E-state index contributed by atoms with van der Waals surface area (Å²) in [7, 11) is 0. The summed E-state index contributed by atoms with van der Waals surface area (Å²) in [4.78, 5) is 2.57. The standard InChI is InChI=1S/C11H24N2/c1-5-9-7-13(8(3)4)10(6-2)11(9)12/h8-11H,5-7,12H2,1-4H3. The molecule has 13 heavy (non-hydrogen) atoms. The number of hydrogen-bond acceptors (Lipinski definition) is 2. The number of nitrogens with two attached hydrogens (primary N) is 1. The Morgan fingerprint density at radius 2 is 1.92 bits per heavy atom. The summed E-state index contributed by atoms with van der Waals surface area (Å²) in [5.41, 5.74) is 6.23. The van der Waals surface area contributed by atoms with Gasteiger partial charge < -0.3 is 5.73 Å². The zero-order chi connectivity index (χ0) is 10.0. The van der Waals surface area contributed by atoms with Crippen LogP contribution >= 0.6 is 0 Å². The summed E-state index contributed by atoms with van der Waals surface area (Å²) < 4.78 is 0. The molecule has 0 amide bonds. The van der Waals surface area contributed by atoms with Crippen molar-refractivity contribution in [3.8, 4) is 0 Å². The van der Waals surface area contributed by atoms with E-state index in [2.05, 4.69) is 32.6 Å². The normalized spacial score (nSPS) is 36.0. The van der Waals surface area contributed by atoms with Gasteiger partial charge in [0.05, 0.1) is 0 Å². The van der Waals surface area contributed by atoms with Crippen molar-refractivity contribution in [2.24, 2.45) is 11.7 Å². The number of likely N-dealkylation sites (tertiary alicyclic amines) is 1. The molecule has 2 N–H and O–H groups in total. The highest BCUT2D eigenvalue weighted by molar-refractivity contribution is 4.95. The highest BCUT2D eigenvalue weighted by atomic mass is 15.2. The molecule has 1 aliphatic heterocycles. The molecule has 1 heterocycles. The van der Waals surface area contributed by atoms with Crippen molar-refractivity contribution in [1.82, 2.24) is 4.90 Å². The van der Waals surface area contributed by atoms with Gasteiger partial charge >= 0.3 is 0 Å². The molecule has 1 rings (SSSR count). The van der Waals surface area contributed by atoms with Crippen LogP contribution in [0.1, 0.15) is 40.5 Å². The number of hydrogen-bond donors (Lipinski definition) is 1. The lowest BCUT2D eigenvalue weighted by atomic mass is 9.96. The van der Waals surface area contributed by atoms with Gasteiger partial charge in [-0.05, 0) is 26.2 Å². The monoisotopic (exact) mass is 184 g/mol. The third kappa shape index (κ3) is 2.05. The summed E-state index contributed by atoms with van der Waals surface area (Å²) in [6.07, 6.45) is 2.41. The second kappa shape index (κ2) is 4.43. The second-order valence-corrected chi connectivity index (χ2v) is 4.51. The van der Waals surface area contributed by atoms with Crippen molar-refractivity contribution in [2.45, 2.75) is 58.7 Å². The van der Waals surface area contributed by atoms with E-state index in [4.69, 9.17) is 5.73 Å². The maximum absolute atomic E-state index is 6.23. The Balaban J connectivity index is 2.66. The lowest BCUT2D eigenvalue weighted by Gasteiger charge is -2.28. The van der Waals surface area contributed by atoms with Gasteiger partial charge in [-0.1, -0.05) is 20.3 Å². The third-order valence-electron chi connectivity index (χ3n) is 3.47. The average molecular weight is 184 g/mol. The van der Waals surface area contributed by atoms with Gasteiger partial charge in [0.1, 0.15) is 0 Å². The van der Waals surface area contributed by atoms with E-state index in [1.807, 2.05) is 0 Å². The zero-order valence-corrected chi connectivity index (χ0v) is 9.46. The topological polar surface area (TPSA) is 29.3 Å². The van der Waals surface area contributed by atoms with E-state index in [1.54, 1.807) is 0 Å². The molecule has 3 unspecified atom stereocenters. The van der Waals surface area contributed by atoms with Gasteiger partial charge in [-0.25, -0.2) is 0 Å². The van der Waals surface area contributed by atoms with Crippen LogP contribution in [0, 0.1) is 5.92 Å². The van der Waals surface area contributed by atoms with E-state index in [-0.39, 0.29) is 0 Å². The van der Waals surface area contributed by atoms with Crippen molar-refractivity contribution < 1.29 is 0 Å².